The van der Waals surface area contributed by atoms with Crippen LogP contribution in [0.4, 0.5) is 13.2 Å². The highest BCUT2D eigenvalue weighted by Crippen LogP contribution is 2.33. The van der Waals surface area contributed by atoms with E-state index in [9.17, 15) is 13.2 Å². The molecule has 0 fully saturated rings. The Labute approximate surface area is 114 Å². The van der Waals surface area contributed by atoms with Crippen LogP contribution >= 0.6 is 11.3 Å². The molecule has 0 saturated carbocycles. The Morgan fingerprint density at radius 3 is 2.37 bits per heavy atom. The molecule has 0 saturated heterocycles. The molecule has 0 radical (unpaired) electrons. The lowest BCUT2D eigenvalue weighted by Crippen LogP contribution is -2.20. The van der Waals surface area contributed by atoms with Crippen molar-refractivity contribution < 1.29 is 13.2 Å². The van der Waals surface area contributed by atoms with E-state index in [-0.39, 0.29) is 5.56 Å². The number of halogens is 3. The Bertz CT molecular complexity index is 557. The van der Waals surface area contributed by atoms with Crippen LogP contribution in [0.1, 0.15) is 29.0 Å². The molecule has 102 valence electrons. The molecule has 0 aliphatic heterocycles. The molecule has 1 atom stereocenters. The highest BCUT2D eigenvalue weighted by Gasteiger charge is 2.24. The van der Waals surface area contributed by atoms with Crippen LogP contribution in [0.2, 0.25) is 0 Å². The number of benzene rings is 1. The van der Waals surface area contributed by atoms with Crippen molar-refractivity contribution in [3.63, 3.8) is 0 Å². The van der Waals surface area contributed by atoms with Gasteiger partial charge >= 0.3 is 0 Å². The lowest BCUT2D eigenvalue weighted by atomic mass is 10.0. The predicted octanol–water partition coefficient (Wildman–Crippen LogP) is 4.04. The summed E-state index contributed by atoms with van der Waals surface area (Å²) in [4.78, 5) is 0.856. The van der Waals surface area contributed by atoms with Crippen molar-refractivity contribution in [1.82, 2.24) is 5.32 Å². The topological polar surface area (TPSA) is 12.0 Å². The smallest absolute Gasteiger partial charge is 0.134 e. The van der Waals surface area contributed by atoms with Gasteiger partial charge in [0, 0.05) is 22.6 Å². The van der Waals surface area contributed by atoms with E-state index in [1.807, 2.05) is 18.4 Å². The van der Waals surface area contributed by atoms with Gasteiger partial charge in [-0.2, -0.15) is 0 Å². The van der Waals surface area contributed by atoms with Gasteiger partial charge in [0.1, 0.15) is 17.5 Å². The van der Waals surface area contributed by atoms with Gasteiger partial charge in [0.2, 0.25) is 0 Å². The van der Waals surface area contributed by atoms with E-state index < -0.39 is 23.5 Å². The van der Waals surface area contributed by atoms with Gasteiger partial charge in [-0.15, -0.1) is 11.3 Å². The van der Waals surface area contributed by atoms with Gasteiger partial charge in [0.05, 0.1) is 6.04 Å². The summed E-state index contributed by atoms with van der Waals surface area (Å²) < 4.78 is 40.7. The van der Waals surface area contributed by atoms with E-state index >= 15 is 0 Å². The number of rotatable bonds is 4. The first kappa shape index (κ1) is 14.1. The molecule has 0 spiro atoms. The van der Waals surface area contributed by atoms with Crippen LogP contribution in [0.25, 0.3) is 0 Å². The van der Waals surface area contributed by atoms with Crippen LogP contribution in [0.15, 0.2) is 23.6 Å². The fourth-order valence-electron chi connectivity index (χ4n) is 2.13. The third kappa shape index (κ3) is 2.67. The van der Waals surface area contributed by atoms with Gasteiger partial charge < -0.3 is 5.32 Å². The zero-order valence-corrected chi connectivity index (χ0v) is 11.5. The minimum absolute atomic E-state index is 0.138. The van der Waals surface area contributed by atoms with Gasteiger partial charge in [0.15, 0.2) is 0 Å². The van der Waals surface area contributed by atoms with E-state index in [4.69, 9.17) is 0 Å². The van der Waals surface area contributed by atoms with Crippen molar-refractivity contribution in [1.29, 1.82) is 0 Å². The van der Waals surface area contributed by atoms with Crippen LogP contribution in [0.5, 0.6) is 0 Å². The SMILES string of the molecule is CCc1ccsc1C(NC)c1c(F)cc(F)cc1F. The summed E-state index contributed by atoms with van der Waals surface area (Å²) in [6.45, 7) is 1.98. The average Bonchev–Trinajstić information content (AvgIpc) is 2.81. The highest BCUT2D eigenvalue weighted by molar-refractivity contribution is 7.10. The molecular weight excluding hydrogens is 271 g/mol. The fraction of sp³-hybridized carbons (Fsp3) is 0.286. The van der Waals surface area contributed by atoms with Crippen molar-refractivity contribution >= 4 is 11.3 Å². The van der Waals surface area contributed by atoms with E-state index in [0.29, 0.717) is 12.1 Å². The maximum atomic E-state index is 13.9. The van der Waals surface area contributed by atoms with Gasteiger partial charge in [0.25, 0.3) is 0 Å². The van der Waals surface area contributed by atoms with Crippen molar-refractivity contribution in [3.05, 3.63) is 57.0 Å². The first-order valence-corrected chi connectivity index (χ1v) is 6.84. The van der Waals surface area contributed by atoms with Crippen molar-refractivity contribution in [2.75, 3.05) is 7.05 Å². The molecule has 1 nitrogen and oxygen atoms in total. The summed E-state index contributed by atoms with van der Waals surface area (Å²) in [6, 6.07) is 2.75. The van der Waals surface area contributed by atoms with Crippen LogP contribution < -0.4 is 5.32 Å². The Morgan fingerprint density at radius 2 is 1.84 bits per heavy atom. The molecule has 1 N–H and O–H groups in total. The molecule has 1 heterocycles. The standard InChI is InChI=1S/C14H14F3NS/c1-3-8-4-5-19-14(8)13(18-2)12-10(16)6-9(15)7-11(12)17/h4-7,13,18H,3H2,1-2H3. The summed E-state index contributed by atoms with van der Waals surface area (Å²) in [5, 5.41) is 4.79. The van der Waals surface area contributed by atoms with Gasteiger partial charge in [-0.1, -0.05) is 6.92 Å². The van der Waals surface area contributed by atoms with E-state index in [2.05, 4.69) is 5.32 Å². The maximum absolute atomic E-state index is 13.9. The molecule has 5 heteroatoms. The summed E-state index contributed by atoms with van der Waals surface area (Å²) in [5.74, 6) is -2.64. The van der Waals surface area contributed by atoms with E-state index in [1.54, 1.807) is 7.05 Å². The second kappa shape index (κ2) is 5.75. The quantitative estimate of drug-likeness (QED) is 0.894. The van der Waals surface area contributed by atoms with Gasteiger partial charge in [-0.25, -0.2) is 13.2 Å². The number of nitrogens with one attached hydrogen (secondary N) is 1. The minimum Gasteiger partial charge on any atom is -0.308 e. The molecule has 0 aliphatic rings. The van der Waals surface area contributed by atoms with Crippen LogP contribution in [0.3, 0.4) is 0 Å². The zero-order chi connectivity index (χ0) is 14.0. The Kier molecular flexibility index (Phi) is 4.27. The lowest BCUT2D eigenvalue weighted by Gasteiger charge is -2.18. The van der Waals surface area contributed by atoms with Gasteiger partial charge in [-0.3, -0.25) is 0 Å². The molecule has 19 heavy (non-hydrogen) atoms. The molecule has 1 aromatic carbocycles. The first-order chi connectivity index (χ1) is 9.08. The minimum atomic E-state index is -0.907. The van der Waals surface area contributed by atoms with Crippen LogP contribution in [-0.4, -0.2) is 7.05 Å². The number of thiophene rings is 1. The summed E-state index contributed by atoms with van der Waals surface area (Å²) in [6.07, 6.45) is 0.779. The summed E-state index contributed by atoms with van der Waals surface area (Å²) in [5.41, 5.74) is 0.897. The molecule has 2 rings (SSSR count). The number of hydrogen-bond acceptors (Lipinski definition) is 2. The fourth-order valence-corrected chi connectivity index (χ4v) is 3.24. The van der Waals surface area contributed by atoms with Crippen molar-refractivity contribution in [2.24, 2.45) is 0 Å². The molecule has 1 unspecified atom stereocenters. The summed E-state index contributed by atoms with van der Waals surface area (Å²) in [7, 11) is 1.63. The van der Waals surface area contributed by atoms with Crippen molar-refractivity contribution in [2.45, 2.75) is 19.4 Å². The Morgan fingerprint density at radius 1 is 1.21 bits per heavy atom. The van der Waals surface area contributed by atoms with Crippen molar-refractivity contribution in [3.8, 4) is 0 Å². The van der Waals surface area contributed by atoms with E-state index in [1.165, 1.54) is 11.3 Å². The molecule has 0 amide bonds. The van der Waals surface area contributed by atoms with Crippen LogP contribution in [0, 0.1) is 17.5 Å². The van der Waals surface area contributed by atoms with E-state index in [0.717, 1.165) is 16.9 Å². The zero-order valence-electron chi connectivity index (χ0n) is 10.6. The maximum Gasteiger partial charge on any atom is 0.134 e. The molecule has 1 aromatic heterocycles. The second-order valence-corrected chi connectivity index (χ2v) is 5.12. The Hall–Kier alpha value is -1.33. The molecular formula is C14H14F3NS. The molecule has 0 aliphatic carbocycles. The third-order valence-electron chi connectivity index (χ3n) is 3.04. The highest BCUT2D eigenvalue weighted by atomic mass is 32.1. The average molecular weight is 285 g/mol. The number of hydrogen-bond donors (Lipinski definition) is 1. The number of aryl methyl sites for hydroxylation is 1. The van der Waals surface area contributed by atoms with Gasteiger partial charge in [-0.05, 0) is 30.5 Å². The largest absolute Gasteiger partial charge is 0.308 e. The molecule has 2 aromatic rings. The normalized spacial score (nSPS) is 12.7. The third-order valence-corrected chi connectivity index (χ3v) is 4.07. The molecule has 0 bridgehead atoms. The lowest BCUT2D eigenvalue weighted by molar-refractivity contribution is 0.501. The second-order valence-electron chi connectivity index (χ2n) is 4.17. The Balaban J connectivity index is 2.54. The predicted molar refractivity (Wildman–Crippen MR) is 70.9 cm³/mol. The van der Waals surface area contributed by atoms with Crippen LogP contribution in [-0.2, 0) is 6.42 Å². The monoisotopic (exact) mass is 285 g/mol. The summed E-state index contributed by atoms with van der Waals surface area (Å²) >= 11 is 1.43. The first-order valence-electron chi connectivity index (χ1n) is 5.96.